The highest BCUT2D eigenvalue weighted by atomic mass is 35.5. The average molecular weight is 250 g/mol. The fourth-order valence-corrected chi connectivity index (χ4v) is 2.39. The molecule has 2 aromatic rings. The van der Waals surface area contributed by atoms with E-state index in [0.717, 1.165) is 17.0 Å². The first-order valence-electron chi connectivity index (χ1n) is 6.21. The fourth-order valence-electron chi connectivity index (χ4n) is 2.16. The molecule has 1 aromatic heterocycles. The second-order valence-corrected chi connectivity index (χ2v) is 6.25. The predicted octanol–water partition coefficient (Wildman–Crippen LogP) is 5.12. The number of benzene rings is 1. The van der Waals surface area contributed by atoms with Crippen LogP contribution in [0.5, 0.6) is 0 Å². The van der Waals surface area contributed by atoms with Crippen LogP contribution < -0.4 is 0 Å². The van der Waals surface area contributed by atoms with Gasteiger partial charge in [0.1, 0.15) is 0 Å². The maximum Gasteiger partial charge on any atom is 0.0499 e. The molecule has 0 fully saturated rings. The van der Waals surface area contributed by atoms with E-state index in [1.807, 2.05) is 12.1 Å². The normalized spacial score (nSPS) is 12.2. The van der Waals surface area contributed by atoms with Crippen LogP contribution in [0.15, 0.2) is 30.5 Å². The molecule has 17 heavy (non-hydrogen) atoms. The molecule has 0 spiro atoms. The molecule has 0 N–H and O–H groups in total. The molecule has 0 aliphatic heterocycles. The Hall–Kier alpha value is -0.950. The Bertz CT molecular complexity index is 505. The van der Waals surface area contributed by atoms with Gasteiger partial charge in [0.2, 0.25) is 0 Å². The average Bonchev–Trinajstić information content (AvgIpc) is 2.61. The molecular formula is C15H20ClN. The quantitative estimate of drug-likeness (QED) is 0.712. The Kier molecular flexibility index (Phi) is 3.48. The number of hydrogen-bond acceptors (Lipinski definition) is 0. The van der Waals surface area contributed by atoms with Gasteiger partial charge in [-0.3, -0.25) is 0 Å². The Labute approximate surface area is 108 Å². The van der Waals surface area contributed by atoms with E-state index < -0.39 is 0 Å². The van der Waals surface area contributed by atoms with E-state index in [2.05, 4.69) is 43.7 Å². The van der Waals surface area contributed by atoms with Crippen molar-refractivity contribution in [3.05, 3.63) is 35.5 Å². The first kappa shape index (κ1) is 12.5. The molecule has 92 valence electrons. The molecule has 0 unspecified atom stereocenters. The van der Waals surface area contributed by atoms with Crippen LogP contribution in [0, 0.1) is 5.41 Å². The minimum atomic E-state index is 0.417. The van der Waals surface area contributed by atoms with Gasteiger partial charge in [-0.2, -0.15) is 0 Å². The summed E-state index contributed by atoms with van der Waals surface area (Å²) in [5.74, 6) is 0. The first-order chi connectivity index (χ1) is 7.97. The van der Waals surface area contributed by atoms with Crippen molar-refractivity contribution in [1.82, 2.24) is 4.57 Å². The number of nitrogens with zero attached hydrogens (tertiary/aromatic N) is 1. The summed E-state index contributed by atoms with van der Waals surface area (Å²) in [5.41, 5.74) is 1.66. The van der Waals surface area contributed by atoms with Gasteiger partial charge in [0, 0.05) is 28.7 Å². The van der Waals surface area contributed by atoms with E-state index in [1.165, 1.54) is 18.4 Å². The number of aryl methyl sites for hydroxylation is 1. The van der Waals surface area contributed by atoms with Gasteiger partial charge in [-0.15, -0.1) is 0 Å². The molecule has 1 nitrogen and oxygen atoms in total. The van der Waals surface area contributed by atoms with Gasteiger partial charge < -0.3 is 4.57 Å². The zero-order chi connectivity index (χ0) is 12.5. The summed E-state index contributed by atoms with van der Waals surface area (Å²) in [6.07, 6.45) is 4.59. The monoisotopic (exact) mass is 249 g/mol. The molecule has 0 radical (unpaired) electrons. The molecule has 1 heterocycles. The lowest BCUT2D eigenvalue weighted by Gasteiger charge is -2.18. The van der Waals surface area contributed by atoms with Crippen molar-refractivity contribution in [1.29, 1.82) is 0 Å². The zero-order valence-corrected chi connectivity index (χ0v) is 11.6. The van der Waals surface area contributed by atoms with E-state index in [9.17, 15) is 0 Å². The third-order valence-corrected chi connectivity index (χ3v) is 3.42. The SMILES string of the molecule is CC(C)(C)CCCn1ccc2c(Cl)cccc21. The third kappa shape index (κ3) is 3.04. The lowest BCUT2D eigenvalue weighted by molar-refractivity contribution is 0.355. The van der Waals surface area contributed by atoms with Crippen molar-refractivity contribution >= 4 is 22.5 Å². The molecule has 0 bridgehead atoms. The smallest absolute Gasteiger partial charge is 0.0499 e. The molecular weight excluding hydrogens is 230 g/mol. The zero-order valence-electron chi connectivity index (χ0n) is 10.8. The van der Waals surface area contributed by atoms with Gasteiger partial charge in [0.05, 0.1) is 0 Å². The largest absolute Gasteiger partial charge is 0.347 e. The van der Waals surface area contributed by atoms with E-state index in [0.29, 0.717) is 5.41 Å². The van der Waals surface area contributed by atoms with Gasteiger partial charge in [-0.05, 0) is 36.5 Å². The molecule has 1 aromatic carbocycles. The van der Waals surface area contributed by atoms with E-state index in [-0.39, 0.29) is 0 Å². The second kappa shape index (κ2) is 4.73. The summed E-state index contributed by atoms with van der Waals surface area (Å²) in [4.78, 5) is 0. The van der Waals surface area contributed by atoms with Gasteiger partial charge in [0.25, 0.3) is 0 Å². The molecule has 0 atom stereocenters. The van der Waals surface area contributed by atoms with Crippen LogP contribution in [0.4, 0.5) is 0 Å². The molecule has 2 heteroatoms. The highest BCUT2D eigenvalue weighted by Crippen LogP contribution is 2.26. The number of aromatic nitrogens is 1. The van der Waals surface area contributed by atoms with Crippen molar-refractivity contribution in [2.75, 3.05) is 0 Å². The molecule has 2 rings (SSSR count). The number of hydrogen-bond donors (Lipinski definition) is 0. The van der Waals surface area contributed by atoms with Crippen LogP contribution in [0.25, 0.3) is 10.9 Å². The second-order valence-electron chi connectivity index (χ2n) is 5.85. The van der Waals surface area contributed by atoms with Crippen molar-refractivity contribution < 1.29 is 0 Å². The summed E-state index contributed by atoms with van der Waals surface area (Å²) >= 11 is 6.16. The summed E-state index contributed by atoms with van der Waals surface area (Å²) in [5, 5.41) is 2.00. The van der Waals surface area contributed by atoms with Crippen molar-refractivity contribution in [2.45, 2.75) is 40.2 Å². The number of rotatable bonds is 3. The first-order valence-corrected chi connectivity index (χ1v) is 6.58. The fraction of sp³-hybridized carbons (Fsp3) is 0.467. The van der Waals surface area contributed by atoms with Crippen LogP contribution in [0.2, 0.25) is 5.02 Å². The number of fused-ring (bicyclic) bond motifs is 1. The molecule has 0 aliphatic carbocycles. The van der Waals surface area contributed by atoms with E-state index >= 15 is 0 Å². The Balaban J connectivity index is 2.12. The van der Waals surface area contributed by atoms with E-state index in [4.69, 9.17) is 11.6 Å². The van der Waals surface area contributed by atoms with Crippen molar-refractivity contribution in [3.63, 3.8) is 0 Å². The molecule has 0 saturated heterocycles. The van der Waals surface area contributed by atoms with E-state index in [1.54, 1.807) is 0 Å². The Morgan fingerprint density at radius 1 is 1.18 bits per heavy atom. The standard InChI is InChI=1S/C15H20ClN/c1-15(2,3)9-5-10-17-11-8-12-13(16)6-4-7-14(12)17/h4,6-8,11H,5,9-10H2,1-3H3. The number of halogens is 1. The lowest BCUT2D eigenvalue weighted by Crippen LogP contribution is -2.07. The summed E-state index contributed by atoms with van der Waals surface area (Å²) in [7, 11) is 0. The predicted molar refractivity (Wildman–Crippen MR) is 75.6 cm³/mol. The van der Waals surface area contributed by atoms with Crippen LogP contribution >= 0.6 is 11.6 Å². The summed E-state index contributed by atoms with van der Waals surface area (Å²) in [6, 6.07) is 8.21. The van der Waals surface area contributed by atoms with Crippen LogP contribution in [0.1, 0.15) is 33.6 Å². The van der Waals surface area contributed by atoms with Crippen molar-refractivity contribution in [2.24, 2.45) is 5.41 Å². The van der Waals surface area contributed by atoms with Crippen LogP contribution in [-0.2, 0) is 6.54 Å². The van der Waals surface area contributed by atoms with Gasteiger partial charge in [0.15, 0.2) is 0 Å². The third-order valence-electron chi connectivity index (χ3n) is 3.09. The van der Waals surface area contributed by atoms with Gasteiger partial charge in [-0.25, -0.2) is 0 Å². The van der Waals surface area contributed by atoms with Crippen LogP contribution in [-0.4, -0.2) is 4.57 Å². The lowest BCUT2D eigenvalue weighted by atomic mass is 9.91. The summed E-state index contributed by atoms with van der Waals surface area (Å²) < 4.78 is 2.30. The molecule has 0 saturated carbocycles. The summed E-state index contributed by atoms with van der Waals surface area (Å²) in [6.45, 7) is 7.94. The highest BCUT2D eigenvalue weighted by molar-refractivity contribution is 6.35. The minimum Gasteiger partial charge on any atom is -0.347 e. The van der Waals surface area contributed by atoms with Crippen LogP contribution in [0.3, 0.4) is 0 Å². The van der Waals surface area contributed by atoms with Gasteiger partial charge in [-0.1, -0.05) is 38.4 Å². The molecule has 0 amide bonds. The highest BCUT2D eigenvalue weighted by Gasteiger charge is 2.10. The van der Waals surface area contributed by atoms with Gasteiger partial charge >= 0.3 is 0 Å². The Morgan fingerprint density at radius 2 is 1.94 bits per heavy atom. The maximum atomic E-state index is 6.16. The maximum absolute atomic E-state index is 6.16. The topological polar surface area (TPSA) is 4.93 Å². The minimum absolute atomic E-state index is 0.417. The molecule has 0 aliphatic rings. The van der Waals surface area contributed by atoms with Crippen molar-refractivity contribution in [3.8, 4) is 0 Å². The Morgan fingerprint density at radius 3 is 2.65 bits per heavy atom.